The van der Waals surface area contributed by atoms with Gasteiger partial charge in [0.25, 0.3) is 0 Å². The van der Waals surface area contributed by atoms with Crippen molar-refractivity contribution in [1.29, 1.82) is 0 Å². The molecule has 3 heterocycles. The van der Waals surface area contributed by atoms with Gasteiger partial charge < -0.3 is 0 Å². The normalized spacial score (nSPS) is 11.1. The predicted molar refractivity (Wildman–Crippen MR) is 139 cm³/mol. The molecular formula is C28H29N7O. The molecule has 2 aromatic carbocycles. The number of hydrogen-bond donors (Lipinski definition) is 1. The van der Waals surface area contributed by atoms with E-state index in [0.717, 1.165) is 53.6 Å². The lowest BCUT2D eigenvalue weighted by atomic mass is 10.00. The molecule has 0 bridgehead atoms. The smallest absolute Gasteiger partial charge is 0.299 e. The topological polar surface area (TPSA) is 94.3 Å². The Labute approximate surface area is 209 Å². The number of imidazole rings is 1. The van der Waals surface area contributed by atoms with Gasteiger partial charge in [-0.3, -0.25) is 14.1 Å². The van der Waals surface area contributed by atoms with Crippen LogP contribution >= 0.6 is 0 Å². The molecule has 3 aromatic heterocycles. The average Bonchev–Trinajstić information content (AvgIpc) is 3.56. The summed E-state index contributed by atoms with van der Waals surface area (Å²) in [4.78, 5) is 17.6. The number of aromatic nitrogens is 7. The largest absolute Gasteiger partial charge is 0.328 e. The van der Waals surface area contributed by atoms with Crippen molar-refractivity contribution >= 4 is 0 Å². The number of nitrogens with one attached hydrogen (secondary N) is 1. The molecule has 182 valence electrons. The first-order valence-electron chi connectivity index (χ1n) is 12.3. The lowest BCUT2D eigenvalue weighted by Crippen LogP contribution is -2.26. The summed E-state index contributed by atoms with van der Waals surface area (Å²) in [5.41, 5.74) is 6.32. The summed E-state index contributed by atoms with van der Waals surface area (Å²) in [6.07, 6.45) is 9.44. The number of unbranched alkanes of at least 4 members (excludes halogenated alkanes) is 1. The van der Waals surface area contributed by atoms with Crippen molar-refractivity contribution in [2.45, 2.75) is 45.7 Å². The van der Waals surface area contributed by atoms with Gasteiger partial charge in [0, 0.05) is 36.4 Å². The first-order valence-corrected chi connectivity index (χ1v) is 12.3. The van der Waals surface area contributed by atoms with Crippen LogP contribution in [0, 0.1) is 0 Å². The maximum Gasteiger partial charge on any atom is 0.328 e. The summed E-state index contributed by atoms with van der Waals surface area (Å²) in [7, 11) is 0. The van der Waals surface area contributed by atoms with E-state index in [1.807, 2.05) is 39.6 Å². The molecule has 0 aliphatic carbocycles. The molecule has 0 radical (unpaired) electrons. The maximum absolute atomic E-state index is 13.3. The minimum Gasteiger partial charge on any atom is -0.299 e. The highest BCUT2D eigenvalue weighted by molar-refractivity contribution is 5.79. The number of H-pyrrole nitrogens is 1. The zero-order chi connectivity index (χ0) is 24.7. The minimum absolute atomic E-state index is 0.0513. The lowest BCUT2D eigenvalue weighted by Gasteiger charge is -2.10. The summed E-state index contributed by atoms with van der Waals surface area (Å²) in [6.45, 7) is 3.40. The molecule has 5 rings (SSSR count). The van der Waals surface area contributed by atoms with Gasteiger partial charge in [0.05, 0.1) is 6.54 Å². The molecule has 5 aromatic rings. The number of tetrazole rings is 1. The molecule has 8 nitrogen and oxygen atoms in total. The summed E-state index contributed by atoms with van der Waals surface area (Å²) in [5, 5.41) is 14.2. The Morgan fingerprint density at radius 2 is 1.75 bits per heavy atom. The fraction of sp³-hybridized carbons (Fsp3) is 0.250. The van der Waals surface area contributed by atoms with Gasteiger partial charge >= 0.3 is 5.69 Å². The van der Waals surface area contributed by atoms with Crippen molar-refractivity contribution in [2.24, 2.45) is 0 Å². The zero-order valence-electron chi connectivity index (χ0n) is 20.3. The first-order chi connectivity index (χ1) is 17.7. The third-order valence-corrected chi connectivity index (χ3v) is 6.43. The number of aryl methyl sites for hydroxylation is 3. The van der Waals surface area contributed by atoms with E-state index >= 15 is 0 Å². The van der Waals surface area contributed by atoms with E-state index in [9.17, 15) is 4.79 Å². The highest BCUT2D eigenvalue weighted by Gasteiger charge is 2.13. The molecule has 0 atom stereocenters. The van der Waals surface area contributed by atoms with E-state index < -0.39 is 0 Å². The molecular weight excluding hydrogens is 450 g/mol. The van der Waals surface area contributed by atoms with Crippen molar-refractivity contribution in [1.82, 2.24) is 34.7 Å². The molecule has 0 aliphatic rings. The van der Waals surface area contributed by atoms with Gasteiger partial charge in [0.15, 0.2) is 5.82 Å². The van der Waals surface area contributed by atoms with Gasteiger partial charge in [-0.25, -0.2) is 9.89 Å². The fourth-order valence-corrected chi connectivity index (χ4v) is 4.44. The Hall–Kier alpha value is -4.33. The predicted octanol–water partition coefficient (Wildman–Crippen LogP) is 4.53. The maximum atomic E-state index is 13.3. The van der Waals surface area contributed by atoms with Crippen LogP contribution in [0.15, 0.2) is 84.0 Å². The lowest BCUT2D eigenvalue weighted by molar-refractivity contribution is 0.626. The van der Waals surface area contributed by atoms with Gasteiger partial charge in [-0.05, 0) is 58.0 Å². The molecule has 36 heavy (non-hydrogen) atoms. The molecule has 0 saturated heterocycles. The number of aromatic amines is 1. The van der Waals surface area contributed by atoms with Crippen molar-refractivity contribution in [3.05, 3.63) is 107 Å². The number of benzene rings is 2. The van der Waals surface area contributed by atoms with Gasteiger partial charge in [-0.15, -0.1) is 5.10 Å². The van der Waals surface area contributed by atoms with E-state index in [2.05, 4.69) is 68.9 Å². The highest BCUT2D eigenvalue weighted by atomic mass is 16.1. The van der Waals surface area contributed by atoms with Crippen LogP contribution in [0.25, 0.3) is 22.5 Å². The summed E-state index contributed by atoms with van der Waals surface area (Å²) < 4.78 is 3.79. The number of hydrogen-bond acceptors (Lipinski definition) is 5. The molecule has 0 amide bonds. The van der Waals surface area contributed by atoms with Crippen LogP contribution in [0.4, 0.5) is 0 Å². The second-order valence-electron chi connectivity index (χ2n) is 8.89. The third-order valence-electron chi connectivity index (χ3n) is 6.43. The van der Waals surface area contributed by atoms with Crippen molar-refractivity contribution in [2.75, 3.05) is 0 Å². The standard InChI is InChI=1S/C28H29N7O/c1-2-3-9-24-20-34(17-15-21-7-5-4-6-8-21)28(36)35(24)19-22-10-12-23(13-11-22)25-14-16-29-18-26(25)27-30-32-33-31-27/h4-8,10-14,16,18,20H,2-3,9,15,17,19H2,1H3,(H,30,31,32,33). The summed E-state index contributed by atoms with van der Waals surface area (Å²) in [5.74, 6) is 0.575. The van der Waals surface area contributed by atoms with Gasteiger partial charge in [0.1, 0.15) is 0 Å². The van der Waals surface area contributed by atoms with Crippen LogP contribution in [0.5, 0.6) is 0 Å². The molecule has 1 N–H and O–H groups in total. The second kappa shape index (κ2) is 10.9. The van der Waals surface area contributed by atoms with Crippen LogP contribution in [0.3, 0.4) is 0 Å². The molecule has 0 unspecified atom stereocenters. The van der Waals surface area contributed by atoms with Gasteiger partial charge in [0.2, 0.25) is 0 Å². The zero-order valence-corrected chi connectivity index (χ0v) is 20.3. The Morgan fingerprint density at radius 1 is 0.917 bits per heavy atom. The third kappa shape index (κ3) is 5.17. The number of nitrogens with zero attached hydrogens (tertiary/aromatic N) is 6. The highest BCUT2D eigenvalue weighted by Crippen LogP contribution is 2.29. The average molecular weight is 480 g/mol. The van der Waals surface area contributed by atoms with Crippen molar-refractivity contribution in [3.8, 4) is 22.5 Å². The number of rotatable bonds is 10. The Bertz CT molecular complexity index is 1450. The van der Waals surface area contributed by atoms with E-state index in [0.29, 0.717) is 18.9 Å². The first kappa shape index (κ1) is 23.4. The molecule has 0 aliphatic heterocycles. The Kier molecular flexibility index (Phi) is 7.12. The molecule has 0 saturated carbocycles. The van der Waals surface area contributed by atoms with Crippen LogP contribution in [-0.2, 0) is 25.9 Å². The molecule has 0 spiro atoms. The van der Waals surface area contributed by atoms with Gasteiger partial charge in [-0.1, -0.05) is 67.9 Å². The van der Waals surface area contributed by atoms with Crippen molar-refractivity contribution in [3.63, 3.8) is 0 Å². The second-order valence-corrected chi connectivity index (χ2v) is 8.89. The van der Waals surface area contributed by atoms with Crippen LogP contribution in [-0.4, -0.2) is 34.7 Å². The van der Waals surface area contributed by atoms with Crippen LogP contribution < -0.4 is 5.69 Å². The number of pyridine rings is 1. The van der Waals surface area contributed by atoms with Crippen LogP contribution in [0.1, 0.15) is 36.6 Å². The fourth-order valence-electron chi connectivity index (χ4n) is 4.44. The Morgan fingerprint density at radius 3 is 2.50 bits per heavy atom. The molecule has 8 heteroatoms. The SMILES string of the molecule is CCCCc1cn(CCc2ccccc2)c(=O)n1Cc1ccc(-c2ccncc2-c2nnn[nH]2)cc1. The molecule has 0 fully saturated rings. The van der Waals surface area contributed by atoms with Crippen molar-refractivity contribution < 1.29 is 0 Å². The van der Waals surface area contributed by atoms with Crippen LogP contribution in [0.2, 0.25) is 0 Å². The summed E-state index contributed by atoms with van der Waals surface area (Å²) >= 11 is 0. The quantitative estimate of drug-likeness (QED) is 0.318. The monoisotopic (exact) mass is 479 g/mol. The van der Waals surface area contributed by atoms with E-state index in [-0.39, 0.29) is 5.69 Å². The van der Waals surface area contributed by atoms with E-state index in [4.69, 9.17) is 0 Å². The minimum atomic E-state index is 0.0513. The summed E-state index contributed by atoms with van der Waals surface area (Å²) in [6, 6.07) is 20.6. The van der Waals surface area contributed by atoms with E-state index in [1.54, 1.807) is 12.4 Å². The van der Waals surface area contributed by atoms with Gasteiger partial charge in [-0.2, -0.15) is 0 Å². The van der Waals surface area contributed by atoms with E-state index in [1.165, 1.54) is 5.56 Å². The Balaban J connectivity index is 1.38.